The Morgan fingerprint density at radius 3 is 2.45 bits per heavy atom. The summed E-state index contributed by atoms with van der Waals surface area (Å²) in [6, 6.07) is 13.7. The van der Waals surface area contributed by atoms with E-state index in [4.69, 9.17) is 14.5 Å². The van der Waals surface area contributed by atoms with E-state index in [1.807, 2.05) is 49.4 Å². The second kappa shape index (κ2) is 13.9. The lowest BCUT2D eigenvalue weighted by molar-refractivity contribution is -0.119. The Hall–Kier alpha value is -2.49. The quantitative estimate of drug-likeness (QED) is 0.233. The summed E-state index contributed by atoms with van der Waals surface area (Å²) in [5, 5.41) is 9.69. The molecule has 180 valence electrons. The second-order valence-corrected chi connectivity index (χ2v) is 7.91. The van der Waals surface area contributed by atoms with Gasteiger partial charge in [-0.3, -0.25) is 4.79 Å². The Morgan fingerprint density at radius 2 is 1.76 bits per heavy atom. The van der Waals surface area contributed by atoms with Crippen molar-refractivity contribution in [2.75, 3.05) is 26.1 Å². The highest BCUT2D eigenvalue weighted by Gasteiger charge is 2.22. The summed E-state index contributed by atoms with van der Waals surface area (Å²) in [6.45, 7) is 3.90. The molecule has 2 aromatic rings. The van der Waals surface area contributed by atoms with Crippen LogP contribution in [0.2, 0.25) is 0 Å². The van der Waals surface area contributed by atoms with E-state index in [9.17, 15) is 4.79 Å². The van der Waals surface area contributed by atoms with Crippen LogP contribution >= 0.6 is 24.0 Å². The number of aliphatic imine (C=N–C) groups is 1. The first-order valence-electron chi connectivity index (χ1n) is 11.3. The molecule has 0 bridgehead atoms. The number of hydrogen-bond donors (Lipinski definition) is 3. The second-order valence-electron chi connectivity index (χ2n) is 7.91. The fraction of sp³-hybridized carbons (Fsp3) is 0.440. The van der Waals surface area contributed by atoms with E-state index in [0.717, 1.165) is 55.0 Å². The minimum atomic E-state index is 0. The summed E-state index contributed by atoms with van der Waals surface area (Å²) in [5.74, 6) is 2.41. The average Bonchev–Trinajstić information content (AvgIpc) is 3.36. The summed E-state index contributed by atoms with van der Waals surface area (Å²) >= 11 is 0. The van der Waals surface area contributed by atoms with Crippen molar-refractivity contribution in [2.24, 2.45) is 10.9 Å². The molecule has 1 saturated carbocycles. The van der Waals surface area contributed by atoms with Crippen molar-refractivity contribution in [3.05, 3.63) is 53.6 Å². The van der Waals surface area contributed by atoms with Gasteiger partial charge in [-0.05, 0) is 55.2 Å². The molecule has 0 heterocycles. The zero-order chi connectivity index (χ0) is 22.8. The molecule has 0 aliphatic heterocycles. The standard InChI is InChI=1S/C25H34N4O3.HI/c1-4-26-25(28-17-19-12-13-22(31-2)23(15-19)32-3)27-16-18-8-7-11-21(14-18)29-24(30)20-9-5-6-10-20;/h7-8,11-15,20H,4-6,9-10,16-17H2,1-3H3,(H,29,30)(H2,26,27,28);1H. The minimum Gasteiger partial charge on any atom is -0.493 e. The Morgan fingerprint density at radius 1 is 1.00 bits per heavy atom. The van der Waals surface area contributed by atoms with Gasteiger partial charge in [0.2, 0.25) is 5.91 Å². The van der Waals surface area contributed by atoms with Crippen LogP contribution in [0.4, 0.5) is 5.69 Å². The van der Waals surface area contributed by atoms with Crippen molar-refractivity contribution in [3.63, 3.8) is 0 Å². The molecule has 8 heteroatoms. The lowest BCUT2D eigenvalue weighted by Gasteiger charge is -2.14. The van der Waals surface area contributed by atoms with Crippen LogP contribution in [0.1, 0.15) is 43.7 Å². The molecule has 7 nitrogen and oxygen atoms in total. The van der Waals surface area contributed by atoms with Gasteiger partial charge in [0.15, 0.2) is 17.5 Å². The molecule has 2 aromatic carbocycles. The van der Waals surface area contributed by atoms with Crippen molar-refractivity contribution in [1.82, 2.24) is 10.6 Å². The highest BCUT2D eigenvalue weighted by atomic mass is 127. The lowest BCUT2D eigenvalue weighted by atomic mass is 10.1. The van der Waals surface area contributed by atoms with Crippen LogP contribution in [-0.2, 0) is 17.9 Å². The van der Waals surface area contributed by atoms with Gasteiger partial charge in [0.05, 0.1) is 20.8 Å². The zero-order valence-electron chi connectivity index (χ0n) is 19.6. The Labute approximate surface area is 213 Å². The smallest absolute Gasteiger partial charge is 0.227 e. The van der Waals surface area contributed by atoms with Gasteiger partial charge in [0, 0.05) is 24.7 Å². The van der Waals surface area contributed by atoms with E-state index < -0.39 is 0 Å². The molecule has 1 fully saturated rings. The predicted octanol–water partition coefficient (Wildman–Crippen LogP) is 4.71. The van der Waals surface area contributed by atoms with Crippen LogP contribution in [0, 0.1) is 5.92 Å². The average molecular weight is 566 g/mol. The van der Waals surface area contributed by atoms with E-state index in [1.54, 1.807) is 14.2 Å². The van der Waals surface area contributed by atoms with Gasteiger partial charge < -0.3 is 25.4 Å². The maximum atomic E-state index is 12.4. The fourth-order valence-electron chi connectivity index (χ4n) is 3.87. The molecular weight excluding hydrogens is 531 g/mol. The molecule has 33 heavy (non-hydrogen) atoms. The summed E-state index contributed by atoms with van der Waals surface area (Å²) in [5.41, 5.74) is 2.93. The number of amides is 1. The summed E-state index contributed by atoms with van der Waals surface area (Å²) < 4.78 is 10.7. The number of methoxy groups -OCH3 is 2. The third kappa shape index (κ3) is 8.10. The van der Waals surface area contributed by atoms with E-state index in [2.05, 4.69) is 16.0 Å². The van der Waals surface area contributed by atoms with Crippen LogP contribution in [0.5, 0.6) is 11.5 Å². The third-order valence-corrected chi connectivity index (χ3v) is 5.59. The van der Waals surface area contributed by atoms with E-state index >= 15 is 0 Å². The molecule has 0 radical (unpaired) electrons. The van der Waals surface area contributed by atoms with Gasteiger partial charge in [-0.25, -0.2) is 4.99 Å². The Balaban J connectivity index is 0.00000385. The molecule has 0 aromatic heterocycles. The number of anilines is 1. The monoisotopic (exact) mass is 566 g/mol. The third-order valence-electron chi connectivity index (χ3n) is 5.59. The molecule has 0 spiro atoms. The molecule has 1 aliphatic carbocycles. The topological polar surface area (TPSA) is 84.0 Å². The van der Waals surface area contributed by atoms with Crippen LogP contribution in [0.3, 0.4) is 0 Å². The van der Waals surface area contributed by atoms with Crippen molar-refractivity contribution < 1.29 is 14.3 Å². The Kier molecular flexibility index (Phi) is 11.3. The molecule has 0 unspecified atom stereocenters. The van der Waals surface area contributed by atoms with Crippen LogP contribution in [-0.4, -0.2) is 32.6 Å². The SMILES string of the molecule is CCNC(=NCc1cccc(NC(=O)C2CCCC2)c1)NCc1ccc(OC)c(OC)c1.I. The molecule has 1 amide bonds. The lowest BCUT2D eigenvalue weighted by Crippen LogP contribution is -2.36. The molecule has 1 aliphatic rings. The summed E-state index contributed by atoms with van der Waals surface area (Å²) in [7, 11) is 3.26. The van der Waals surface area contributed by atoms with Gasteiger partial charge in [-0.2, -0.15) is 0 Å². The van der Waals surface area contributed by atoms with Crippen molar-refractivity contribution in [3.8, 4) is 11.5 Å². The number of halogens is 1. The zero-order valence-corrected chi connectivity index (χ0v) is 22.0. The molecular formula is C25H35IN4O3. The number of benzene rings is 2. The van der Waals surface area contributed by atoms with Gasteiger partial charge in [0.1, 0.15) is 0 Å². The maximum absolute atomic E-state index is 12.4. The fourth-order valence-corrected chi connectivity index (χ4v) is 3.87. The molecule has 0 atom stereocenters. The first kappa shape index (κ1) is 26.8. The number of rotatable bonds is 9. The van der Waals surface area contributed by atoms with Gasteiger partial charge in [0.25, 0.3) is 0 Å². The van der Waals surface area contributed by atoms with Crippen molar-refractivity contribution in [1.29, 1.82) is 0 Å². The summed E-state index contributed by atoms with van der Waals surface area (Å²) in [6.07, 6.45) is 4.29. The van der Waals surface area contributed by atoms with Crippen LogP contribution in [0.15, 0.2) is 47.5 Å². The summed E-state index contributed by atoms with van der Waals surface area (Å²) in [4.78, 5) is 17.1. The number of ether oxygens (including phenoxy) is 2. The van der Waals surface area contributed by atoms with Gasteiger partial charge >= 0.3 is 0 Å². The molecule has 3 N–H and O–H groups in total. The van der Waals surface area contributed by atoms with Crippen molar-refractivity contribution >= 4 is 41.5 Å². The highest BCUT2D eigenvalue weighted by molar-refractivity contribution is 14.0. The first-order valence-corrected chi connectivity index (χ1v) is 11.3. The molecule has 3 rings (SSSR count). The van der Waals surface area contributed by atoms with E-state index in [0.29, 0.717) is 24.6 Å². The van der Waals surface area contributed by atoms with E-state index in [1.165, 1.54) is 0 Å². The number of guanidine groups is 1. The van der Waals surface area contributed by atoms with Crippen LogP contribution < -0.4 is 25.4 Å². The maximum Gasteiger partial charge on any atom is 0.227 e. The number of nitrogens with one attached hydrogen (secondary N) is 3. The number of nitrogens with zero attached hydrogens (tertiary/aromatic N) is 1. The minimum absolute atomic E-state index is 0. The normalized spacial score (nSPS) is 13.7. The predicted molar refractivity (Wildman–Crippen MR) is 144 cm³/mol. The highest BCUT2D eigenvalue weighted by Crippen LogP contribution is 2.27. The van der Waals surface area contributed by atoms with Gasteiger partial charge in [-0.15, -0.1) is 24.0 Å². The Bertz CT molecular complexity index is 930. The van der Waals surface area contributed by atoms with Crippen LogP contribution in [0.25, 0.3) is 0 Å². The van der Waals surface area contributed by atoms with Crippen molar-refractivity contribution in [2.45, 2.75) is 45.7 Å². The largest absolute Gasteiger partial charge is 0.493 e. The van der Waals surface area contributed by atoms with Gasteiger partial charge in [-0.1, -0.05) is 31.0 Å². The number of carbonyl (C=O) groups excluding carboxylic acids is 1. The number of carbonyl (C=O) groups is 1. The number of hydrogen-bond acceptors (Lipinski definition) is 4. The molecule has 0 saturated heterocycles. The van der Waals surface area contributed by atoms with E-state index in [-0.39, 0.29) is 35.8 Å². The first-order chi connectivity index (χ1) is 15.6.